The van der Waals surface area contributed by atoms with Gasteiger partial charge in [-0.25, -0.2) is 0 Å². The van der Waals surface area contributed by atoms with Crippen molar-refractivity contribution >= 4 is 0 Å². The van der Waals surface area contributed by atoms with Crippen molar-refractivity contribution in [2.45, 2.75) is 12.6 Å². The third kappa shape index (κ3) is 5.45. The molecule has 0 spiro atoms. The molecule has 21 heavy (non-hydrogen) atoms. The van der Waals surface area contributed by atoms with Gasteiger partial charge < -0.3 is 19.9 Å². The second-order valence-electron chi connectivity index (χ2n) is 4.76. The third-order valence-electron chi connectivity index (χ3n) is 3.04. The molecule has 0 aliphatic carbocycles. The molecule has 0 fully saturated rings. The smallest absolute Gasteiger partial charge is 0.123 e. The first-order valence-corrected chi connectivity index (χ1v) is 6.97. The van der Waals surface area contributed by atoms with E-state index in [2.05, 4.69) is 5.32 Å². The molecule has 2 aromatic rings. The van der Waals surface area contributed by atoms with Crippen LogP contribution in [0.1, 0.15) is 5.56 Å². The molecule has 1 atom stereocenters. The van der Waals surface area contributed by atoms with E-state index in [-0.39, 0.29) is 6.61 Å². The second-order valence-corrected chi connectivity index (χ2v) is 4.76. The Labute approximate surface area is 125 Å². The summed E-state index contributed by atoms with van der Waals surface area (Å²) in [6.45, 7) is 1.46. The maximum absolute atomic E-state index is 9.90. The van der Waals surface area contributed by atoms with Gasteiger partial charge in [-0.05, 0) is 17.7 Å². The van der Waals surface area contributed by atoms with Gasteiger partial charge in [0.2, 0.25) is 0 Å². The molecule has 0 aromatic heterocycles. The third-order valence-corrected chi connectivity index (χ3v) is 3.04. The summed E-state index contributed by atoms with van der Waals surface area (Å²) in [5, 5.41) is 13.1. The fourth-order valence-corrected chi connectivity index (χ4v) is 1.92. The van der Waals surface area contributed by atoms with Gasteiger partial charge in [-0.2, -0.15) is 0 Å². The molecular formula is C17H21NO3. The van der Waals surface area contributed by atoms with Crippen LogP contribution < -0.4 is 14.8 Å². The van der Waals surface area contributed by atoms with E-state index in [9.17, 15) is 5.11 Å². The Kier molecular flexibility index (Phi) is 6.06. The SMILES string of the molecule is COc1cccc(OC[C@@H](O)CNCc2ccccc2)c1. The highest BCUT2D eigenvalue weighted by molar-refractivity contribution is 5.32. The molecule has 112 valence electrons. The Morgan fingerprint density at radius 3 is 2.57 bits per heavy atom. The molecule has 0 amide bonds. The Balaban J connectivity index is 1.68. The summed E-state index contributed by atoms with van der Waals surface area (Å²) in [4.78, 5) is 0. The number of benzene rings is 2. The van der Waals surface area contributed by atoms with Crippen LogP contribution >= 0.6 is 0 Å². The quantitative estimate of drug-likeness (QED) is 0.781. The second kappa shape index (κ2) is 8.29. The lowest BCUT2D eigenvalue weighted by molar-refractivity contribution is 0.106. The molecule has 2 aromatic carbocycles. The molecule has 0 aliphatic heterocycles. The monoisotopic (exact) mass is 287 g/mol. The minimum absolute atomic E-state index is 0.245. The van der Waals surface area contributed by atoms with Gasteiger partial charge in [-0.1, -0.05) is 36.4 Å². The van der Waals surface area contributed by atoms with Crippen molar-refractivity contribution in [2.75, 3.05) is 20.3 Å². The van der Waals surface area contributed by atoms with Crippen LogP contribution in [0.15, 0.2) is 54.6 Å². The van der Waals surface area contributed by atoms with Crippen LogP contribution in [-0.2, 0) is 6.54 Å². The lowest BCUT2D eigenvalue weighted by atomic mass is 10.2. The number of hydrogen-bond acceptors (Lipinski definition) is 4. The fourth-order valence-electron chi connectivity index (χ4n) is 1.92. The van der Waals surface area contributed by atoms with Crippen LogP contribution in [0.25, 0.3) is 0 Å². The van der Waals surface area contributed by atoms with Crippen molar-refractivity contribution in [2.24, 2.45) is 0 Å². The zero-order valence-electron chi connectivity index (χ0n) is 12.2. The average Bonchev–Trinajstić information content (AvgIpc) is 2.54. The molecule has 0 aliphatic rings. The summed E-state index contributed by atoms with van der Waals surface area (Å²) in [6.07, 6.45) is -0.556. The summed E-state index contributed by atoms with van der Waals surface area (Å²) in [5.74, 6) is 1.43. The highest BCUT2D eigenvalue weighted by Crippen LogP contribution is 2.18. The Bertz CT molecular complexity index is 531. The number of aliphatic hydroxyl groups excluding tert-OH is 1. The zero-order chi connectivity index (χ0) is 14.9. The molecule has 2 rings (SSSR count). The highest BCUT2D eigenvalue weighted by atomic mass is 16.5. The van der Waals surface area contributed by atoms with Gasteiger partial charge in [-0.15, -0.1) is 0 Å². The summed E-state index contributed by atoms with van der Waals surface area (Å²) in [7, 11) is 1.61. The summed E-state index contributed by atoms with van der Waals surface area (Å²) in [5.41, 5.74) is 1.19. The summed E-state index contributed by atoms with van der Waals surface area (Å²) >= 11 is 0. The van der Waals surface area contributed by atoms with E-state index >= 15 is 0 Å². The largest absolute Gasteiger partial charge is 0.497 e. The van der Waals surface area contributed by atoms with Crippen LogP contribution in [0.5, 0.6) is 11.5 Å². The molecule has 2 N–H and O–H groups in total. The van der Waals surface area contributed by atoms with E-state index < -0.39 is 6.10 Å². The molecule has 0 radical (unpaired) electrons. The number of hydrogen-bond donors (Lipinski definition) is 2. The first kappa shape index (κ1) is 15.4. The number of nitrogens with one attached hydrogen (secondary N) is 1. The zero-order valence-corrected chi connectivity index (χ0v) is 12.2. The van der Waals surface area contributed by atoms with Gasteiger partial charge in [0, 0.05) is 19.2 Å². The van der Waals surface area contributed by atoms with Crippen LogP contribution in [0.4, 0.5) is 0 Å². The Hall–Kier alpha value is -2.04. The fraction of sp³-hybridized carbons (Fsp3) is 0.294. The number of rotatable bonds is 8. The maximum atomic E-state index is 9.90. The number of aliphatic hydroxyl groups is 1. The van der Waals surface area contributed by atoms with E-state index in [1.165, 1.54) is 5.56 Å². The van der Waals surface area contributed by atoms with Gasteiger partial charge in [0.1, 0.15) is 24.2 Å². The summed E-state index contributed by atoms with van der Waals surface area (Å²) < 4.78 is 10.7. The van der Waals surface area contributed by atoms with Gasteiger partial charge in [0.25, 0.3) is 0 Å². The number of methoxy groups -OCH3 is 1. The van der Waals surface area contributed by atoms with Crippen molar-refractivity contribution in [1.82, 2.24) is 5.32 Å². The maximum Gasteiger partial charge on any atom is 0.123 e. The lowest BCUT2D eigenvalue weighted by Crippen LogP contribution is -2.31. The average molecular weight is 287 g/mol. The molecule has 0 saturated carbocycles. The predicted molar refractivity (Wildman–Crippen MR) is 82.6 cm³/mol. The summed E-state index contributed by atoms with van der Waals surface area (Å²) in [6, 6.07) is 17.4. The van der Waals surface area contributed by atoms with Crippen molar-refractivity contribution in [3.05, 3.63) is 60.2 Å². The minimum atomic E-state index is -0.556. The topological polar surface area (TPSA) is 50.7 Å². The highest BCUT2D eigenvalue weighted by Gasteiger charge is 2.05. The first-order chi connectivity index (χ1) is 10.3. The molecule has 0 unspecified atom stereocenters. The van der Waals surface area contributed by atoms with Crippen LogP contribution in [0.2, 0.25) is 0 Å². The van der Waals surface area contributed by atoms with E-state index in [4.69, 9.17) is 9.47 Å². The Morgan fingerprint density at radius 1 is 1.05 bits per heavy atom. The van der Waals surface area contributed by atoms with Gasteiger partial charge >= 0.3 is 0 Å². The van der Waals surface area contributed by atoms with E-state index in [0.29, 0.717) is 12.3 Å². The van der Waals surface area contributed by atoms with Crippen molar-refractivity contribution in [1.29, 1.82) is 0 Å². The molecule has 0 saturated heterocycles. The lowest BCUT2D eigenvalue weighted by Gasteiger charge is -2.13. The first-order valence-electron chi connectivity index (χ1n) is 6.97. The van der Waals surface area contributed by atoms with Gasteiger partial charge in [-0.3, -0.25) is 0 Å². The number of ether oxygens (including phenoxy) is 2. The van der Waals surface area contributed by atoms with Crippen LogP contribution in [0, 0.1) is 0 Å². The van der Waals surface area contributed by atoms with Crippen molar-refractivity contribution in [3.63, 3.8) is 0 Å². The molecule has 4 heteroatoms. The van der Waals surface area contributed by atoms with E-state index in [1.807, 2.05) is 48.5 Å². The van der Waals surface area contributed by atoms with Crippen molar-refractivity contribution < 1.29 is 14.6 Å². The van der Waals surface area contributed by atoms with E-state index in [0.717, 1.165) is 12.3 Å². The van der Waals surface area contributed by atoms with Crippen molar-refractivity contribution in [3.8, 4) is 11.5 Å². The standard InChI is InChI=1S/C17H21NO3/c1-20-16-8-5-9-17(10-16)21-13-15(19)12-18-11-14-6-3-2-4-7-14/h2-10,15,18-19H,11-13H2,1H3/t15-/m0/s1. The van der Waals surface area contributed by atoms with Crippen LogP contribution in [-0.4, -0.2) is 31.5 Å². The normalized spacial score (nSPS) is 11.9. The van der Waals surface area contributed by atoms with Crippen LogP contribution in [0.3, 0.4) is 0 Å². The van der Waals surface area contributed by atoms with E-state index in [1.54, 1.807) is 13.2 Å². The molecule has 0 bridgehead atoms. The van der Waals surface area contributed by atoms with Gasteiger partial charge in [0.15, 0.2) is 0 Å². The molecule has 0 heterocycles. The Morgan fingerprint density at radius 2 is 1.81 bits per heavy atom. The van der Waals surface area contributed by atoms with Gasteiger partial charge in [0.05, 0.1) is 7.11 Å². The minimum Gasteiger partial charge on any atom is -0.497 e. The molecular weight excluding hydrogens is 266 g/mol. The molecule has 4 nitrogen and oxygen atoms in total. The predicted octanol–water partition coefficient (Wildman–Crippen LogP) is 2.22.